The third-order valence-electron chi connectivity index (χ3n) is 4.28. The van der Waals surface area contributed by atoms with Crippen molar-refractivity contribution >= 4 is 33.0 Å². The SMILES string of the molecule is O=C(NCCNc1ccccc1[N+](=O)[O-])c1ccc(NS(=O)(=O)c2ccccc2)cc1. The first-order chi connectivity index (χ1) is 14.9. The van der Waals surface area contributed by atoms with Crippen LogP contribution in [-0.2, 0) is 10.0 Å². The summed E-state index contributed by atoms with van der Waals surface area (Å²) in [5.41, 5.74) is 1.02. The molecule has 0 radical (unpaired) electrons. The molecule has 160 valence electrons. The van der Waals surface area contributed by atoms with E-state index in [2.05, 4.69) is 15.4 Å². The van der Waals surface area contributed by atoms with Crippen LogP contribution in [0.5, 0.6) is 0 Å². The molecule has 0 atom stereocenters. The second-order valence-corrected chi connectivity index (χ2v) is 8.14. The molecule has 0 saturated carbocycles. The number of carbonyl (C=O) groups is 1. The standard InChI is InChI=1S/C21H20N4O5S/c26-21(23-15-14-22-19-8-4-5-9-20(19)25(27)28)16-10-12-17(13-11-16)24-31(29,30)18-6-2-1-3-7-18/h1-13,22,24H,14-15H2,(H,23,26). The maximum absolute atomic E-state index is 12.3. The number of nitrogens with zero attached hydrogens (tertiary/aromatic N) is 1. The number of benzene rings is 3. The van der Waals surface area contributed by atoms with Crippen LogP contribution >= 0.6 is 0 Å². The molecule has 0 bridgehead atoms. The van der Waals surface area contributed by atoms with Crippen LogP contribution in [0.1, 0.15) is 10.4 Å². The molecule has 0 spiro atoms. The number of amides is 1. The predicted molar refractivity (Wildman–Crippen MR) is 118 cm³/mol. The van der Waals surface area contributed by atoms with Gasteiger partial charge < -0.3 is 10.6 Å². The molecule has 0 fully saturated rings. The Morgan fingerprint density at radius 3 is 2.19 bits per heavy atom. The lowest BCUT2D eigenvalue weighted by Gasteiger charge is -2.10. The average Bonchev–Trinajstić information content (AvgIpc) is 2.77. The summed E-state index contributed by atoms with van der Waals surface area (Å²) < 4.78 is 27.1. The van der Waals surface area contributed by atoms with Gasteiger partial charge in [-0.25, -0.2) is 8.42 Å². The number of rotatable bonds is 9. The van der Waals surface area contributed by atoms with E-state index in [-0.39, 0.29) is 23.0 Å². The average molecular weight is 440 g/mol. The first-order valence-electron chi connectivity index (χ1n) is 9.30. The van der Waals surface area contributed by atoms with Gasteiger partial charge in [-0.1, -0.05) is 30.3 Å². The van der Waals surface area contributed by atoms with Crippen molar-refractivity contribution < 1.29 is 18.1 Å². The minimum absolute atomic E-state index is 0.0395. The fraction of sp³-hybridized carbons (Fsp3) is 0.0952. The monoisotopic (exact) mass is 440 g/mol. The quantitative estimate of drug-likeness (QED) is 0.266. The highest BCUT2D eigenvalue weighted by atomic mass is 32.2. The zero-order valence-corrected chi connectivity index (χ0v) is 17.1. The molecule has 0 unspecified atom stereocenters. The van der Waals surface area contributed by atoms with Crippen LogP contribution in [0.2, 0.25) is 0 Å². The summed E-state index contributed by atoms with van der Waals surface area (Å²) >= 11 is 0. The first kappa shape index (κ1) is 21.8. The Bertz CT molecular complexity index is 1170. The van der Waals surface area contributed by atoms with Gasteiger partial charge in [0.15, 0.2) is 0 Å². The maximum Gasteiger partial charge on any atom is 0.292 e. The molecule has 0 heterocycles. The molecule has 0 aliphatic heterocycles. The molecule has 3 N–H and O–H groups in total. The van der Waals surface area contributed by atoms with Crippen LogP contribution in [0.25, 0.3) is 0 Å². The Morgan fingerprint density at radius 2 is 1.52 bits per heavy atom. The van der Waals surface area contributed by atoms with E-state index in [0.29, 0.717) is 23.5 Å². The number of anilines is 2. The Kier molecular flexibility index (Phi) is 6.83. The number of hydrogen-bond acceptors (Lipinski definition) is 6. The van der Waals surface area contributed by atoms with E-state index in [4.69, 9.17) is 0 Å². The van der Waals surface area contributed by atoms with E-state index in [1.807, 2.05) is 0 Å². The lowest BCUT2D eigenvalue weighted by atomic mass is 10.2. The van der Waals surface area contributed by atoms with Gasteiger partial charge in [0.05, 0.1) is 9.82 Å². The summed E-state index contributed by atoms with van der Waals surface area (Å²) in [5.74, 6) is -0.346. The third-order valence-corrected chi connectivity index (χ3v) is 5.68. The van der Waals surface area contributed by atoms with Crippen LogP contribution in [-0.4, -0.2) is 32.3 Å². The van der Waals surface area contributed by atoms with Gasteiger partial charge in [-0.15, -0.1) is 0 Å². The van der Waals surface area contributed by atoms with E-state index >= 15 is 0 Å². The summed E-state index contributed by atoms with van der Waals surface area (Å²) in [6.45, 7) is 0.540. The largest absolute Gasteiger partial charge is 0.378 e. The van der Waals surface area contributed by atoms with Crippen molar-refractivity contribution in [2.45, 2.75) is 4.90 Å². The van der Waals surface area contributed by atoms with Crippen LogP contribution in [0.3, 0.4) is 0 Å². The first-order valence-corrected chi connectivity index (χ1v) is 10.8. The van der Waals surface area contributed by atoms with Crippen LogP contribution < -0.4 is 15.4 Å². The summed E-state index contributed by atoms with van der Waals surface area (Å²) in [4.78, 5) is 22.9. The number of nitro groups is 1. The minimum atomic E-state index is -3.71. The molecule has 9 nitrogen and oxygen atoms in total. The van der Waals surface area contributed by atoms with E-state index < -0.39 is 14.9 Å². The summed E-state index contributed by atoms with van der Waals surface area (Å²) in [6.07, 6.45) is 0. The van der Waals surface area contributed by atoms with Crippen LogP contribution in [0.15, 0.2) is 83.8 Å². The van der Waals surface area contributed by atoms with Gasteiger partial charge >= 0.3 is 0 Å². The Balaban J connectivity index is 1.52. The second kappa shape index (κ2) is 9.72. The van der Waals surface area contributed by atoms with Gasteiger partial charge in [0.1, 0.15) is 5.69 Å². The molecule has 0 aromatic heterocycles. The Labute approximate surface area is 179 Å². The highest BCUT2D eigenvalue weighted by Crippen LogP contribution is 2.22. The molecule has 10 heteroatoms. The van der Waals surface area contributed by atoms with E-state index in [1.165, 1.54) is 42.5 Å². The molecular weight excluding hydrogens is 420 g/mol. The number of sulfonamides is 1. The van der Waals surface area contributed by atoms with Crippen LogP contribution in [0.4, 0.5) is 17.1 Å². The van der Waals surface area contributed by atoms with Gasteiger partial charge in [-0.05, 0) is 42.5 Å². The third kappa shape index (κ3) is 5.80. The van der Waals surface area contributed by atoms with Crippen molar-refractivity contribution in [1.82, 2.24) is 5.32 Å². The number of carbonyl (C=O) groups excluding carboxylic acids is 1. The molecule has 3 aromatic carbocycles. The molecule has 3 aromatic rings. The van der Waals surface area contributed by atoms with E-state index in [0.717, 1.165) is 0 Å². The van der Waals surface area contributed by atoms with Crippen molar-refractivity contribution in [1.29, 1.82) is 0 Å². The molecule has 0 aliphatic carbocycles. The lowest BCUT2D eigenvalue weighted by Crippen LogP contribution is -2.28. The fourth-order valence-corrected chi connectivity index (χ4v) is 3.84. The van der Waals surface area contributed by atoms with Crippen molar-refractivity contribution in [3.8, 4) is 0 Å². The number of hydrogen-bond donors (Lipinski definition) is 3. The van der Waals surface area contributed by atoms with Crippen LogP contribution in [0, 0.1) is 10.1 Å². The molecule has 0 saturated heterocycles. The van der Waals surface area contributed by atoms with Crippen molar-refractivity contribution in [2.24, 2.45) is 0 Å². The molecule has 0 aliphatic rings. The second-order valence-electron chi connectivity index (χ2n) is 6.45. The minimum Gasteiger partial charge on any atom is -0.378 e. The van der Waals surface area contributed by atoms with Gasteiger partial charge in [0.2, 0.25) is 0 Å². The summed E-state index contributed by atoms with van der Waals surface area (Å²) in [6, 6.07) is 20.2. The van der Waals surface area contributed by atoms with Crippen molar-refractivity contribution in [3.05, 3.63) is 94.5 Å². The maximum atomic E-state index is 12.3. The summed E-state index contributed by atoms with van der Waals surface area (Å²) in [7, 11) is -3.71. The normalized spacial score (nSPS) is 10.8. The smallest absolute Gasteiger partial charge is 0.292 e. The zero-order valence-electron chi connectivity index (χ0n) is 16.3. The summed E-state index contributed by atoms with van der Waals surface area (Å²) in [5, 5.41) is 16.6. The lowest BCUT2D eigenvalue weighted by molar-refractivity contribution is -0.384. The van der Waals surface area contributed by atoms with Gasteiger partial charge in [-0.3, -0.25) is 19.6 Å². The molecule has 31 heavy (non-hydrogen) atoms. The van der Waals surface area contributed by atoms with Gasteiger partial charge in [0, 0.05) is 30.4 Å². The zero-order chi connectivity index (χ0) is 22.3. The molecule has 1 amide bonds. The van der Waals surface area contributed by atoms with Crippen molar-refractivity contribution in [2.75, 3.05) is 23.1 Å². The highest BCUT2D eigenvalue weighted by Gasteiger charge is 2.14. The number of nitrogens with one attached hydrogen (secondary N) is 3. The fourth-order valence-electron chi connectivity index (χ4n) is 2.76. The number of para-hydroxylation sites is 2. The molecule has 3 rings (SSSR count). The highest BCUT2D eigenvalue weighted by molar-refractivity contribution is 7.92. The molecular formula is C21H20N4O5S. The predicted octanol–water partition coefficient (Wildman–Crippen LogP) is 3.24. The van der Waals surface area contributed by atoms with E-state index in [1.54, 1.807) is 36.4 Å². The Morgan fingerprint density at radius 1 is 0.871 bits per heavy atom. The Hall–Kier alpha value is -3.92. The van der Waals surface area contributed by atoms with Gasteiger partial charge in [0.25, 0.3) is 21.6 Å². The van der Waals surface area contributed by atoms with Gasteiger partial charge in [-0.2, -0.15) is 0 Å². The topological polar surface area (TPSA) is 130 Å². The number of nitro benzene ring substituents is 1. The van der Waals surface area contributed by atoms with E-state index in [9.17, 15) is 23.3 Å². The van der Waals surface area contributed by atoms with Crippen molar-refractivity contribution in [3.63, 3.8) is 0 Å².